The second-order valence-electron chi connectivity index (χ2n) is 0.992. The average molecular weight is 166 g/mol. The van der Waals surface area contributed by atoms with Crippen molar-refractivity contribution in [1.82, 2.24) is 0 Å². The van der Waals surface area contributed by atoms with E-state index < -0.39 is 0 Å². The number of thiocyanates is 1. The van der Waals surface area contributed by atoms with Crippen LogP contribution in [0.3, 0.4) is 0 Å². The van der Waals surface area contributed by atoms with Crippen molar-refractivity contribution in [3.8, 4) is 5.40 Å². The van der Waals surface area contributed by atoms with Crippen LogP contribution in [0.5, 0.6) is 0 Å². The molecule has 0 spiro atoms. The number of nitriles is 1. The first-order chi connectivity index (χ1) is 3.81. The highest BCUT2D eigenvalue weighted by Crippen LogP contribution is 2.22. The van der Waals surface area contributed by atoms with Crippen LogP contribution in [0.15, 0.2) is 0 Å². The molecule has 0 aliphatic carbocycles. The molecule has 0 unspecified atom stereocenters. The normalized spacial score (nSPS) is 12.6. The Morgan fingerprint density at radius 3 is 2.88 bits per heavy atom. The van der Waals surface area contributed by atoms with Gasteiger partial charge in [-0.25, -0.2) is 0 Å². The molecule has 0 radical (unpaired) electrons. The number of hydrogen-bond donors (Lipinski definition) is 2. The van der Waals surface area contributed by atoms with Gasteiger partial charge in [-0.05, 0) is 0 Å². The SMILES string of the molecule is N#CSS[C@@H](N)CS. The minimum atomic E-state index is -0.0250. The topological polar surface area (TPSA) is 49.8 Å². The Bertz CT molecular complexity index is 89.0. The van der Waals surface area contributed by atoms with E-state index in [-0.39, 0.29) is 5.37 Å². The van der Waals surface area contributed by atoms with Gasteiger partial charge in [-0.3, -0.25) is 0 Å². The summed E-state index contributed by atoms with van der Waals surface area (Å²) >= 11 is 3.92. The molecule has 0 aromatic rings. The van der Waals surface area contributed by atoms with Gasteiger partial charge in [0, 0.05) is 16.5 Å². The third-order valence-corrected chi connectivity index (χ3v) is 2.87. The lowest BCUT2D eigenvalue weighted by molar-refractivity contribution is 1.08. The molecule has 0 aromatic heterocycles. The fourth-order valence-electron chi connectivity index (χ4n) is 0.114. The molecular formula is C3H6N2S3. The van der Waals surface area contributed by atoms with Crippen molar-refractivity contribution in [3.63, 3.8) is 0 Å². The second kappa shape index (κ2) is 5.63. The minimum Gasteiger partial charge on any atom is -0.318 e. The zero-order valence-corrected chi connectivity index (χ0v) is 6.60. The maximum Gasteiger partial charge on any atom is 0.145 e. The Morgan fingerprint density at radius 2 is 2.50 bits per heavy atom. The Labute approximate surface area is 62.0 Å². The van der Waals surface area contributed by atoms with Gasteiger partial charge in [0.15, 0.2) is 0 Å². The number of hydrogen-bond acceptors (Lipinski definition) is 5. The lowest BCUT2D eigenvalue weighted by Gasteiger charge is -1.99. The van der Waals surface area contributed by atoms with Crippen molar-refractivity contribution in [1.29, 1.82) is 5.26 Å². The van der Waals surface area contributed by atoms with E-state index in [0.29, 0.717) is 5.75 Å². The fraction of sp³-hybridized carbons (Fsp3) is 0.667. The van der Waals surface area contributed by atoms with Gasteiger partial charge >= 0.3 is 0 Å². The first kappa shape index (κ1) is 8.50. The molecule has 0 bridgehead atoms. The molecule has 2 N–H and O–H groups in total. The Balaban J connectivity index is 3.01. The van der Waals surface area contributed by atoms with Crippen molar-refractivity contribution < 1.29 is 0 Å². The van der Waals surface area contributed by atoms with Crippen LogP contribution in [0.25, 0.3) is 0 Å². The van der Waals surface area contributed by atoms with Crippen molar-refractivity contribution in [2.45, 2.75) is 5.37 Å². The number of rotatable bonds is 3. The molecule has 1 atom stereocenters. The van der Waals surface area contributed by atoms with Crippen LogP contribution in [-0.4, -0.2) is 11.1 Å². The van der Waals surface area contributed by atoms with E-state index in [1.54, 1.807) is 0 Å². The monoisotopic (exact) mass is 166 g/mol. The van der Waals surface area contributed by atoms with Gasteiger partial charge in [-0.15, -0.1) is 0 Å². The summed E-state index contributed by atoms with van der Waals surface area (Å²) in [6.07, 6.45) is 0. The molecule has 0 aliphatic rings. The molecule has 46 valence electrons. The van der Waals surface area contributed by atoms with Gasteiger partial charge in [-0.2, -0.15) is 17.9 Å². The van der Waals surface area contributed by atoms with E-state index in [4.69, 9.17) is 11.0 Å². The summed E-state index contributed by atoms with van der Waals surface area (Å²) in [7, 11) is 2.42. The molecule has 0 saturated carbocycles. The zero-order chi connectivity index (χ0) is 6.41. The molecule has 0 aliphatic heterocycles. The van der Waals surface area contributed by atoms with Crippen LogP contribution in [0, 0.1) is 10.7 Å². The molecule has 0 saturated heterocycles. The number of nitrogens with zero attached hydrogens (tertiary/aromatic N) is 1. The quantitative estimate of drug-likeness (QED) is 0.285. The first-order valence-electron chi connectivity index (χ1n) is 1.89. The molecule has 5 heteroatoms. The Morgan fingerprint density at radius 1 is 1.88 bits per heavy atom. The fourth-order valence-corrected chi connectivity index (χ4v) is 1.57. The predicted octanol–water partition coefficient (Wildman–Crippen LogP) is 1.06. The second-order valence-corrected chi connectivity index (χ2v) is 3.58. The molecule has 2 nitrogen and oxygen atoms in total. The summed E-state index contributed by atoms with van der Waals surface area (Å²) in [5.41, 5.74) is 5.37. The first-order valence-corrected chi connectivity index (χ1v) is 4.73. The Hall–Kier alpha value is 0.500. The highest BCUT2D eigenvalue weighted by atomic mass is 33.1. The molecule has 0 aromatic carbocycles. The summed E-state index contributed by atoms with van der Waals surface area (Å²) in [6, 6.07) is 0. The molecule has 0 fully saturated rings. The van der Waals surface area contributed by atoms with Crippen molar-refractivity contribution in [2.24, 2.45) is 5.73 Å². The van der Waals surface area contributed by atoms with Crippen molar-refractivity contribution >= 4 is 34.2 Å². The molecule has 0 amide bonds. The third-order valence-electron chi connectivity index (χ3n) is 0.389. The van der Waals surface area contributed by atoms with Gasteiger partial charge in [0.2, 0.25) is 0 Å². The van der Waals surface area contributed by atoms with E-state index in [1.165, 1.54) is 10.8 Å². The minimum absolute atomic E-state index is 0.0250. The predicted molar refractivity (Wildman–Crippen MR) is 42.6 cm³/mol. The van der Waals surface area contributed by atoms with Crippen LogP contribution in [-0.2, 0) is 0 Å². The maximum atomic E-state index is 8.02. The van der Waals surface area contributed by atoms with Gasteiger partial charge in [0.05, 0.1) is 5.37 Å². The standard InChI is InChI=1S/C3H6N2S3/c4-2-7-8-3(5)1-6/h3,6H,1,5H2/t3-/m1/s1. The van der Waals surface area contributed by atoms with Crippen molar-refractivity contribution in [2.75, 3.05) is 5.75 Å². The summed E-state index contributed by atoms with van der Waals surface area (Å²) in [5.74, 6) is 0.610. The number of thiol groups is 1. The lowest BCUT2D eigenvalue weighted by Crippen LogP contribution is -2.15. The number of nitrogens with two attached hydrogens (primary N) is 1. The van der Waals surface area contributed by atoms with Crippen LogP contribution < -0.4 is 5.73 Å². The van der Waals surface area contributed by atoms with Crippen LogP contribution in [0.2, 0.25) is 0 Å². The van der Waals surface area contributed by atoms with Crippen LogP contribution in [0.4, 0.5) is 0 Å². The Kier molecular flexibility index (Phi) is 5.99. The molecule has 0 rings (SSSR count). The van der Waals surface area contributed by atoms with Gasteiger partial charge in [0.1, 0.15) is 5.40 Å². The van der Waals surface area contributed by atoms with E-state index in [1.807, 2.05) is 5.40 Å². The maximum absolute atomic E-state index is 8.02. The van der Waals surface area contributed by atoms with E-state index in [2.05, 4.69) is 12.6 Å². The smallest absolute Gasteiger partial charge is 0.145 e. The molecular weight excluding hydrogens is 160 g/mol. The van der Waals surface area contributed by atoms with Gasteiger partial charge in [0.25, 0.3) is 0 Å². The zero-order valence-electron chi connectivity index (χ0n) is 4.07. The van der Waals surface area contributed by atoms with Crippen LogP contribution in [0.1, 0.15) is 0 Å². The van der Waals surface area contributed by atoms with Crippen molar-refractivity contribution in [3.05, 3.63) is 0 Å². The highest BCUT2D eigenvalue weighted by molar-refractivity contribution is 8.78. The summed E-state index contributed by atoms with van der Waals surface area (Å²) in [6.45, 7) is 0. The van der Waals surface area contributed by atoms with Gasteiger partial charge in [-0.1, -0.05) is 10.8 Å². The van der Waals surface area contributed by atoms with E-state index >= 15 is 0 Å². The van der Waals surface area contributed by atoms with E-state index in [9.17, 15) is 0 Å². The third kappa shape index (κ3) is 4.65. The molecule has 8 heavy (non-hydrogen) atoms. The lowest BCUT2D eigenvalue weighted by atomic mass is 10.8. The van der Waals surface area contributed by atoms with E-state index in [0.717, 1.165) is 10.8 Å². The highest BCUT2D eigenvalue weighted by Gasteiger charge is 1.97. The van der Waals surface area contributed by atoms with Gasteiger partial charge < -0.3 is 5.73 Å². The average Bonchev–Trinajstić information content (AvgIpc) is 1.83. The van der Waals surface area contributed by atoms with Crippen LogP contribution >= 0.6 is 34.2 Å². The molecule has 0 heterocycles. The summed E-state index contributed by atoms with van der Waals surface area (Å²) in [4.78, 5) is 0. The largest absolute Gasteiger partial charge is 0.318 e. The summed E-state index contributed by atoms with van der Waals surface area (Å²) < 4.78 is 0. The summed E-state index contributed by atoms with van der Waals surface area (Å²) in [5, 5.41) is 9.90.